The van der Waals surface area contributed by atoms with Gasteiger partial charge in [-0.1, -0.05) is 0 Å². The van der Waals surface area contributed by atoms with Crippen LogP contribution < -0.4 is 10.6 Å². The minimum absolute atomic E-state index is 0.755. The molecule has 1 aromatic heterocycles. The van der Waals surface area contributed by atoms with Crippen molar-refractivity contribution in [2.45, 2.75) is 6.54 Å². The minimum atomic E-state index is 0.755. The normalized spacial score (nSPS) is 16.5. The highest BCUT2D eigenvalue weighted by Crippen LogP contribution is 2.23. The van der Waals surface area contributed by atoms with E-state index < -0.39 is 0 Å². The smallest absolute Gasteiger partial charge is 0.206 e. The first-order chi connectivity index (χ1) is 10.1. The fourth-order valence-corrected chi connectivity index (χ4v) is 2.76. The number of benzene rings is 1. The fourth-order valence-electron chi connectivity index (χ4n) is 2.76. The average molecular weight is 289 g/mol. The first-order valence-electron chi connectivity index (χ1n) is 7.38. The first kappa shape index (κ1) is 14.2. The van der Waals surface area contributed by atoms with Crippen LogP contribution in [0.2, 0.25) is 0 Å². The van der Waals surface area contributed by atoms with Crippen molar-refractivity contribution in [3.63, 3.8) is 0 Å². The van der Waals surface area contributed by atoms with Crippen LogP contribution in [0.15, 0.2) is 18.2 Å². The van der Waals surface area contributed by atoms with Crippen molar-refractivity contribution < 1.29 is 4.74 Å². The molecule has 114 valence electrons. The Morgan fingerprint density at radius 1 is 1.24 bits per heavy atom. The van der Waals surface area contributed by atoms with Crippen LogP contribution in [0.5, 0.6) is 0 Å². The van der Waals surface area contributed by atoms with E-state index in [4.69, 9.17) is 15.5 Å². The zero-order chi connectivity index (χ0) is 14.8. The van der Waals surface area contributed by atoms with Crippen LogP contribution in [-0.4, -0.2) is 61.4 Å². The van der Waals surface area contributed by atoms with Crippen LogP contribution in [0.4, 0.5) is 11.6 Å². The summed E-state index contributed by atoms with van der Waals surface area (Å²) in [5, 5.41) is 0. The van der Waals surface area contributed by atoms with Crippen LogP contribution in [0.3, 0.4) is 0 Å². The summed E-state index contributed by atoms with van der Waals surface area (Å²) >= 11 is 0. The number of nitrogens with two attached hydrogens (primary N) is 1. The molecule has 3 rings (SSSR count). The predicted octanol–water partition coefficient (Wildman–Crippen LogP) is 1.02. The third-order valence-corrected chi connectivity index (χ3v) is 3.90. The summed E-state index contributed by atoms with van der Waals surface area (Å²) < 4.78 is 7.67. The summed E-state index contributed by atoms with van der Waals surface area (Å²) in [5.41, 5.74) is 8.72. The van der Waals surface area contributed by atoms with E-state index in [1.54, 1.807) is 0 Å². The molecule has 2 N–H and O–H groups in total. The number of rotatable bonds is 4. The predicted molar refractivity (Wildman–Crippen MR) is 85.7 cm³/mol. The maximum Gasteiger partial charge on any atom is 0.206 e. The van der Waals surface area contributed by atoms with Crippen molar-refractivity contribution in [3.8, 4) is 0 Å². The molecule has 0 unspecified atom stereocenters. The summed E-state index contributed by atoms with van der Waals surface area (Å²) in [5.74, 6) is 0.976. The molecular formula is C15H23N5O. The van der Waals surface area contributed by atoms with Crippen molar-refractivity contribution in [1.29, 1.82) is 0 Å². The highest BCUT2D eigenvalue weighted by molar-refractivity contribution is 5.82. The van der Waals surface area contributed by atoms with Gasteiger partial charge < -0.3 is 19.9 Å². The van der Waals surface area contributed by atoms with Gasteiger partial charge in [-0.25, -0.2) is 4.98 Å². The highest BCUT2D eigenvalue weighted by Gasteiger charge is 2.15. The van der Waals surface area contributed by atoms with E-state index >= 15 is 0 Å². The topological polar surface area (TPSA) is 59.6 Å². The molecule has 0 bridgehead atoms. The van der Waals surface area contributed by atoms with Crippen molar-refractivity contribution in [3.05, 3.63) is 18.2 Å². The Morgan fingerprint density at radius 3 is 2.71 bits per heavy atom. The largest absolute Gasteiger partial charge is 0.399 e. The molecule has 0 atom stereocenters. The number of imidazole rings is 1. The van der Waals surface area contributed by atoms with Crippen LogP contribution in [0.25, 0.3) is 11.0 Å². The lowest BCUT2D eigenvalue weighted by molar-refractivity contribution is 0.0366. The maximum absolute atomic E-state index is 5.87. The summed E-state index contributed by atoms with van der Waals surface area (Å²) in [6.07, 6.45) is 0. The molecule has 1 aromatic carbocycles. The summed E-state index contributed by atoms with van der Waals surface area (Å²) in [6.45, 7) is 5.63. The number of morpholine rings is 1. The van der Waals surface area contributed by atoms with Gasteiger partial charge in [0.2, 0.25) is 5.95 Å². The van der Waals surface area contributed by atoms with Crippen LogP contribution in [0.1, 0.15) is 0 Å². The second-order valence-electron chi connectivity index (χ2n) is 5.66. The molecule has 1 aliphatic rings. The fraction of sp³-hybridized carbons (Fsp3) is 0.533. The number of anilines is 2. The van der Waals surface area contributed by atoms with Crippen molar-refractivity contribution in [1.82, 2.24) is 14.5 Å². The second kappa shape index (κ2) is 5.91. The monoisotopic (exact) mass is 289 g/mol. The van der Waals surface area contributed by atoms with E-state index in [1.807, 2.05) is 26.2 Å². The zero-order valence-electron chi connectivity index (χ0n) is 12.7. The van der Waals surface area contributed by atoms with Crippen LogP contribution in [0, 0.1) is 0 Å². The Balaban J connectivity index is 1.86. The van der Waals surface area contributed by atoms with Gasteiger partial charge in [-0.3, -0.25) is 4.90 Å². The van der Waals surface area contributed by atoms with Gasteiger partial charge in [0.25, 0.3) is 0 Å². The van der Waals surface area contributed by atoms with Gasteiger partial charge >= 0.3 is 0 Å². The van der Waals surface area contributed by atoms with Gasteiger partial charge in [-0.15, -0.1) is 0 Å². The molecule has 0 radical (unpaired) electrons. The van der Waals surface area contributed by atoms with Gasteiger partial charge in [-0.2, -0.15) is 0 Å². The molecule has 6 heteroatoms. The van der Waals surface area contributed by atoms with Crippen LogP contribution >= 0.6 is 0 Å². The standard InChI is InChI=1S/C15H23N5O/c1-18(2)15-17-13-11-12(16)3-4-14(13)20(15)6-5-19-7-9-21-10-8-19/h3-4,11H,5-10,16H2,1-2H3. The van der Waals surface area contributed by atoms with Crippen molar-refractivity contribution >= 4 is 22.7 Å². The Hall–Kier alpha value is -1.79. The molecule has 0 saturated carbocycles. The first-order valence-corrected chi connectivity index (χ1v) is 7.38. The quantitative estimate of drug-likeness (QED) is 0.852. The highest BCUT2D eigenvalue weighted by atomic mass is 16.5. The van der Waals surface area contributed by atoms with E-state index in [0.29, 0.717) is 0 Å². The summed E-state index contributed by atoms with van der Waals surface area (Å²) in [4.78, 5) is 9.19. The van der Waals surface area contributed by atoms with Gasteiger partial charge in [0, 0.05) is 46.0 Å². The van der Waals surface area contributed by atoms with Gasteiger partial charge in [0.1, 0.15) is 0 Å². The average Bonchev–Trinajstić information content (AvgIpc) is 2.84. The number of aromatic nitrogens is 2. The van der Waals surface area contributed by atoms with Gasteiger partial charge in [0.05, 0.1) is 24.2 Å². The number of fused-ring (bicyclic) bond motifs is 1. The van der Waals surface area contributed by atoms with Crippen LogP contribution in [-0.2, 0) is 11.3 Å². The third-order valence-electron chi connectivity index (χ3n) is 3.90. The Bertz CT molecular complexity index is 616. The number of hydrogen-bond donors (Lipinski definition) is 1. The lowest BCUT2D eigenvalue weighted by atomic mass is 10.3. The summed E-state index contributed by atoms with van der Waals surface area (Å²) in [7, 11) is 4.05. The maximum atomic E-state index is 5.87. The van der Waals surface area contributed by atoms with Gasteiger partial charge in [-0.05, 0) is 18.2 Å². The van der Waals surface area contributed by atoms with E-state index in [1.165, 1.54) is 0 Å². The number of nitrogen functional groups attached to an aromatic ring is 1. The molecule has 1 aliphatic heterocycles. The Kier molecular flexibility index (Phi) is 3.98. The zero-order valence-corrected chi connectivity index (χ0v) is 12.7. The summed E-state index contributed by atoms with van der Waals surface area (Å²) in [6, 6.07) is 5.94. The molecule has 1 fully saturated rings. The molecule has 2 heterocycles. The molecule has 0 amide bonds. The molecule has 21 heavy (non-hydrogen) atoms. The number of ether oxygens (including phenoxy) is 1. The van der Waals surface area contributed by atoms with E-state index in [2.05, 4.69) is 20.4 Å². The SMILES string of the molecule is CN(C)c1nc2cc(N)ccc2n1CCN1CCOCC1. The Morgan fingerprint density at radius 2 is 2.00 bits per heavy atom. The molecule has 2 aromatic rings. The second-order valence-corrected chi connectivity index (χ2v) is 5.66. The molecule has 0 aliphatic carbocycles. The molecular weight excluding hydrogens is 266 g/mol. The molecule has 1 saturated heterocycles. The van der Waals surface area contributed by atoms with Gasteiger partial charge in [0.15, 0.2) is 0 Å². The van der Waals surface area contributed by atoms with Crippen molar-refractivity contribution in [2.75, 3.05) is 57.6 Å². The van der Waals surface area contributed by atoms with E-state index in [0.717, 1.165) is 62.1 Å². The van der Waals surface area contributed by atoms with E-state index in [-0.39, 0.29) is 0 Å². The Labute approximate surface area is 125 Å². The lowest BCUT2D eigenvalue weighted by Crippen LogP contribution is -2.38. The minimum Gasteiger partial charge on any atom is -0.399 e. The molecule has 6 nitrogen and oxygen atoms in total. The van der Waals surface area contributed by atoms with Crippen molar-refractivity contribution in [2.24, 2.45) is 0 Å². The molecule has 0 spiro atoms. The lowest BCUT2D eigenvalue weighted by Gasteiger charge is -2.27. The third kappa shape index (κ3) is 2.96. The number of nitrogens with zero attached hydrogens (tertiary/aromatic N) is 4. The number of hydrogen-bond acceptors (Lipinski definition) is 5. The van der Waals surface area contributed by atoms with E-state index in [9.17, 15) is 0 Å².